The van der Waals surface area contributed by atoms with Crippen LogP contribution >= 0.6 is 0 Å². The Balaban J connectivity index is 1.16. The first kappa shape index (κ1) is 23.5. The van der Waals surface area contributed by atoms with Gasteiger partial charge in [-0.2, -0.15) is 0 Å². The van der Waals surface area contributed by atoms with Gasteiger partial charge in [-0.05, 0) is 35.4 Å². The van der Waals surface area contributed by atoms with Crippen molar-refractivity contribution in [1.82, 2.24) is 19.5 Å². The van der Waals surface area contributed by atoms with Crippen molar-refractivity contribution in [3.05, 3.63) is 170 Å². The standard InChI is InChI=1S/C45H28N4O/c1-3-13-29(14-4-1)30-25-27-32(28-26-30)44-46-43(31-15-5-2-6-16-31)47-45(48-44)37-21-11-19-35-36-20-12-24-40(42(36)50-41(35)37)49-38-22-9-7-17-33(38)34-18-8-10-23-39(34)49/h1-28H/i1D,3D,4D,13D,14D. The maximum Gasteiger partial charge on any atom is 0.167 e. The molecule has 5 heteroatoms. The Hall–Kier alpha value is -6.85. The van der Waals surface area contributed by atoms with E-state index in [1.807, 2.05) is 42.5 Å². The second kappa shape index (κ2) is 11.4. The van der Waals surface area contributed by atoms with Crippen LogP contribution in [0.2, 0.25) is 0 Å². The molecule has 3 heterocycles. The van der Waals surface area contributed by atoms with Gasteiger partial charge in [0.15, 0.2) is 23.1 Å². The highest BCUT2D eigenvalue weighted by atomic mass is 16.3. The Morgan fingerprint density at radius 3 is 1.66 bits per heavy atom. The number of hydrogen-bond acceptors (Lipinski definition) is 4. The fourth-order valence-corrected chi connectivity index (χ4v) is 6.86. The van der Waals surface area contributed by atoms with Crippen LogP contribution in [0.3, 0.4) is 0 Å². The molecule has 0 saturated heterocycles. The first-order valence-electron chi connectivity index (χ1n) is 18.8. The van der Waals surface area contributed by atoms with Crippen molar-refractivity contribution in [3.8, 4) is 51.0 Å². The minimum atomic E-state index is -0.427. The second-order valence-corrected chi connectivity index (χ2v) is 12.1. The van der Waals surface area contributed by atoms with E-state index in [4.69, 9.17) is 26.2 Å². The van der Waals surface area contributed by atoms with E-state index in [-0.39, 0.29) is 29.7 Å². The van der Waals surface area contributed by atoms with Crippen LogP contribution in [0.4, 0.5) is 0 Å². The van der Waals surface area contributed by atoms with Crippen LogP contribution in [-0.4, -0.2) is 19.5 Å². The van der Waals surface area contributed by atoms with Crippen molar-refractivity contribution in [3.63, 3.8) is 0 Å². The van der Waals surface area contributed by atoms with Crippen LogP contribution in [0, 0.1) is 0 Å². The highest BCUT2D eigenvalue weighted by Crippen LogP contribution is 2.40. The lowest BCUT2D eigenvalue weighted by Gasteiger charge is -2.09. The number of rotatable bonds is 5. The largest absolute Gasteiger partial charge is 0.453 e. The molecule has 234 valence electrons. The van der Waals surface area contributed by atoms with E-state index in [1.165, 1.54) is 10.8 Å². The van der Waals surface area contributed by atoms with Gasteiger partial charge in [0, 0.05) is 32.7 Å². The summed E-state index contributed by atoms with van der Waals surface area (Å²) in [6, 6.07) is 44.1. The average molecular weight is 646 g/mol. The van der Waals surface area contributed by atoms with Gasteiger partial charge in [0.2, 0.25) is 0 Å². The number of aromatic nitrogens is 4. The molecule has 0 aliphatic carbocycles. The SMILES string of the molecule is [2H]c1c([2H])c([2H])c(-c2ccc(-c3nc(-c4ccccc4)nc(-c4cccc5c4oc4c(-n6c7ccccc7c7ccccc76)cccc45)n3)cc2)c([2H])c1[2H]. The van der Waals surface area contributed by atoms with E-state index in [0.29, 0.717) is 39.7 Å². The third-order valence-corrected chi connectivity index (χ3v) is 9.16. The second-order valence-electron chi connectivity index (χ2n) is 12.1. The summed E-state index contributed by atoms with van der Waals surface area (Å²) in [5.41, 5.74) is 7.32. The van der Waals surface area contributed by atoms with Crippen molar-refractivity contribution < 1.29 is 11.3 Å². The van der Waals surface area contributed by atoms with E-state index in [0.717, 1.165) is 38.6 Å². The quantitative estimate of drug-likeness (QED) is 0.187. The summed E-state index contributed by atoms with van der Waals surface area (Å²) in [7, 11) is 0. The molecule has 0 aliphatic rings. The Morgan fingerprint density at radius 2 is 0.960 bits per heavy atom. The molecule has 10 rings (SSSR count). The molecule has 0 aliphatic heterocycles. The molecule has 0 N–H and O–H groups in total. The normalized spacial score (nSPS) is 13.0. The third kappa shape index (κ3) is 4.52. The number of para-hydroxylation sites is 4. The molecular formula is C45H28N4O. The molecule has 0 atom stereocenters. The van der Waals surface area contributed by atoms with Crippen molar-refractivity contribution in [2.24, 2.45) is 0 Å². The predicted octanol–water partition coefficient (Wildman–Crippen LogP) is 11.5. The van der Waals surface area contributed by atoms with Gasteiger partial charge in [0.25, 0.3) is 0 Å². The molecular weight excluding hydrogens is 613 g/mol. The Bertz CT molecular complexity index is 3070. The van der Waals surface area contributed by atoms with E-state index in [1.54, 1.807) is 24.3 Å². The summed E-state index contributed by atoms with van der Waals surface area (Å²) in [5, 5.41) is 4.23. The van der Waals surface area contributed by atoms with Gasteiger partial charge in [-0.25, -0.2) is 15.0 Å². The van der Waals surface area contributed by atoms with Crippen LogP contribution in [0.15, 0.2) is 174 Å². The Morgan fingerprint density at radius 1 is 0.420 bits per heavy atom. The van der Waals surface area contributed by atoms with Gasteiger partial charge in [-0.15, -0.1) is 0 Å². The summed E-state index contributed by atoms with van der Waals surface area (Å²) in [4.78, 5) is 14.9. The molecule has 0 radical (unpaired) electrons. The smallest absolute Gasteiger partial charge is 0.167 e. The number of benzene rings is 7. The molecule has 3 aromatic heterocycles. The number of furan rings is 1. The molecule has 0 amide bonds. The molecule has 0 fully saturated rings. The summed E-state index contributed by atoms with van der Waals surface area (Å²) in [6.07, 6.45) is 0. The third-order valence-electron chi connectivity index (χ3n) is 9.16. The van der Waals surface area contributed by atoms with Crippen molar-refractivity contribution >= 4 is 43.7 Å². The Kier molecular flexibility index (Phi) is 5.35. The van der Waals surface area contributed by atoms with E-state index >= 15 is 0 Å². The molecule has 50 heavy (non-hydrogen) atoms. The molecule has 7 aromatic carbocycles. The number of nitrogens with zero attached hydrogens (tertiary/aromatic N) is 4. The Labute approximate surface area is 294 Å². The molecule has 5 nitrogen and oxygen atoms in total. The molecule has 0 unspecified atom stereocenters. The van der Waals surface area contributed by atoms with Gasteiger partial charge in [-0.1, -0.05) is 145 Å². The zero-order valence-electron chi connectivity index (χ0n) is 31.5. The number of fused-ring (bicyclic) bond motifs is 6. The number of hydrogen-bond donors (Lipinski definition) is 0. The fraction of sp³-hybridized carbons (Fsp3) is 0. The molecule has 0 saturated carbocycles. The van der Waals surface area contributed by atoms with Crippen LogP contribution < -0.4 is 0 Å². The van der Waals surface area contributed by atoms with Gasteiger partial charge < -0.3 is 8.98 Å². The minimum Gasteiger partial charge on any atom is -0.453 e. The van der Waals surface area contributed by atoms with Crippen molar-refractivity contribution in [1.29, 1.82) is 0 Å². The lowest BCUT2D eigenvalue weighted by atomic mass is 10.0. The maximum absolute atomic E-state index is 8.45. The topological polar surface area (TPSA) is 56.7 Å². The fourth-order valence-electron chi connectivity index (χ4n) is 6.86. The van der Waals surface area contributed by atoms with Crippen LogP contribution in [-0.2, 0) is 0 Å². The summed E-state index contributed by atoms with van der Waals surface area (Å²) in [6.45, 7) is 0. The van der Waals surface area contributed by atoms with E-state index < -0.39 is 6.04 Å². The first-order chi connectivity index (χ1) is 26.9. The first-order valence-corrected chi connectivity index (χ1v) is 16.3. The zero-order chi connectivity index (χ0) is 37.4. The predicted molar refractivity (Wildman–Crippen MR) is 203 cm³/mol. The maximum atomic E-state index is 8.45. The van der Waals surface area contributed by atoms with Crippen molar-refractivity contribution in [2.75, 3.05) is 0 Å². The average Bonchev–Trinajstić information content (AvgIpc) is 3.79. The molecule has 0 bridgehead atoms. The monoisotopic (exact) mass is 645 g/mol. The van der Waals surface area contributed by atoms with E-state index in [2.05, 4.69) is 77.4 Å². The molecule has 10 aromatic rings. The van der Waals surface area contributed by atoms with Crippen LogP contribution in [0.1, 0.15) is 6.85 Å². The zero-order valence-corrected chi connectivity index (χ0v) is 26.5. The van der Waals surface area contributed by atoms with E-state index in [9.17, 15) is 0 Å². The van der Waals surface area contributed by atoms with Crippen LogP contribution in [0.25, 0.3) is 94.7 Å². The highest BCUT2D eigenvalue weighted by molar-refractivity contribution is 6.14. The summed E-state index contributed by atoms with van der Waals surface area (Å²) in [5.74, 6) is 1.33. The summed E-state index contributed by atoms with van der Waals surface area (Å²) < 4.78 is 50.3. The summed E-state index contributed by atoms with van der Waals surface area (Å²) >= 11 is 0. The van der Waals surface area contributed by atoms with Crippen molar-refractivity contribution in [2.45, 2.75) is 0 Å². The highest BCUT2D eigenvalue weighted by Gasteiger charge is 2.21. The van der Waals surface area contributed by atoms with Crippen LogP contribution in [0.5, 0.6) is 0 Å². The van der Waals surface area contributed by atoms with Gasteiger partial charge in [-0.3, -0.25) is 0 Å². The van der Waals surface area contributed by atoms with Gasteiger partial charge in [0.1, 0.15) is 5.58 Å². The minimum absolute atomic E-state index is 0.135. The lowest BCUT2D eigenvalue weighted by molar-refractivity contribution is 0.667. The van der Waals surface area contributed by atoms with Gasteiger partial charge >= 0.3 is 0 Å². The lowest BCUT2D eigenvalue weighted by Crippen LogP contribution is -2.00. The van der Waals surface area contributed by atoms with Gasteiger partial charge in [0.05, 0.1) is 29.1 Å². The molecule has 0 spiro atoms.